The van der Waals surface area contributed by atoms with E-state index in [9.17, 15) is 19.1 Å². The zero-order valence-corrected chi connectivity index (χ0v) is 17.6. The van der Waals surface area contributed by atoms with E-state index in [1.165, 1.54) is 35.9 Å². The number of likely N-dealkylation sites (tertiary alicyclic amines) is 1. The van der Waals surface area contributed by atoms with Crippen molar-refractivity contribution in [3.05, 3.63) is 60.0 Å². The van der Waals surface area contributed by atoms with Gasteiger partial charge in [0.05, 0.1) is 37.1 Å². The summed E-state index contributed by atoms with van der Waals surface area (Å²) >= 11 is 0. The van der Waals surface area contributed by atoms with Gasteiger partial charge >= 0.3 is 5.97 Å². The van der Waals surface area contributed by atoms with Gasteiger partial charge in [-0.15, -0.1) is 0 Å². The number of rotatable bonds is 6. The maximum Gasteiger partial charge on any atom is 0.308 e. The van der Waals surface area contributed by atoms with Crippen molar-refractivity contribution in [1.82, 2.24) is 14.7 Å². The van der Waals surface area contributed by atoms with E-state index in [2.05, 4.69) is 5.10 Å². The van der Waals surface area contributed by atoms with Crippen molar-refractivity contribution in [3.8, 4) is 28.4 Å². The Morgan fingerprint density at radius 2 is 1.75 bits per heavy atom. The first-order valence-corrected chi connectivity index (χ1v) is 10.0. The van der Waals surface area contributed by atoms with Crippen molar-refractivity contribution in [2.24, 2.45) is 5.92 Å². The third-order valence-corrected chi connectivity index (χ3v) is 5.51. The van der Waals surface area contributed by atoms with Gasteiger partial charge in [0.2, 0.25) is 0 Å². The Morgan fingerprint density at radius 1 is 1.09 bits per heavy atom. The minimum Gasteiger partial charge on any atom is -0.496 e. The van der Waals surface area contributed by atoms with Crippen LogP contribution in [0.25, 0.3) is 16.9 Å². The van der Waals surface area contributed by atoms with E-state index in [1.54, 1.807) is 36.4 Å². The number of hydrogen-bond acceptors (Lipinski definition) is 5. The molecule has 1 amide bonds. The summed E-state index contributed by atoms with van der Waals surface area (Å²) < 4.78 is 26.1. The highest BCUT2D eigenvalue weighted by atomic mass is 19.1. The van der Waals surface area contributed by atoms with Gasteiger partial charge in [-0.05, 0) is 48.9 Å². The zero-order chi connectivity index (χ0) is 22.8. The topological polar surface area (TPSA) is 93.9 Å². The molecule has 2 heterocycles. The molecule has 1 N–H and O–H groups in total. The number of benzene rings is 2. The molecule has 1 saturated heterocycles. The maximum absolute atomic E-state index is 13.5. The summed E-state index contributed by atoms with van der Waals surface area (Å²) in [6.45, 7) is 0.470. The summed E-state index contributed by atoms with van der Waals surface area (Å²) in [6, 6.07) is 12.6. The predicted molar refractivity (Wildman–Crippen MR) is 114 cm³/mol. The van der Waals surface area contributed by atoms with Gasteiger partial charge in [0.15, 0.2) is 5.69 Å². The molecular formula is C23H22FN3O5. The molecule has 0 unspecified atom stereocenters. The van der Waals surface area contributed by atoms with Gasteiger partial charge < -0.3 is 19.5 Å². The molecule has 0 saturated carbocycles. The number of ether oxygens (including phenoxy) is 2. The molecule has 3 aromatic rings. The first-order valence-electron chi connectivity index (χ1n) is 10.0. The number of aromatic nitrogens is 2. The molecule has 8 nitrogen and oxygen atoms in total. The standard InChI is InChI=1S/C23H22FN3O5/c1-31-19-4-3-5-20(32-2)21(19)18-12-17(22(28)26-11-10-14(13-26)23(29)30)25-27(18)16-8-6-15(24)7-9-16/h3-9,12,14H,10-11,13H2,1-2H3,(H,29,30)/t14-/m0/s1. The molecule has 1 fully saturated rings. The Kier molecular flexibility index (Phi) is 5.81. The third-order valence-electron chi connectivity index (χ3n) is 5.51. The first kappa shape index (κ1) is 21.4. The van der Waals surface area contributed by atoms with Crippen LogP contribution in [0.15, 0.2) is 48.5 Å². The fraction of sp³-hybridized carbons (Fsp3) is 0.261. The van der Waals surface area contributed by atoms with E-state index >= 15 is 0 Å². The molecule has 1 aliphatic rings. The van der Waals surface area contributed by atoms with Crippen molar-refractivity contribution >= 4 is 11.9 Å². The second-order valence-corrected chi connectivity index (χ2v) is 7.42. The van der Waals surface area contributed by atoms with Gasteiger partial charge in [0.1, 0.15) is 17.3 Å². The molecule has 166 valence electrons. The summed E-state index contributed by atoms with van der Waals surface area (Å²) in [6.07, 6.45) is 0.396. The highest BCUT2D eigenvalue weighted by Crippen LogP contribution is 2.39. The van der Waals surface area contributed by atoms with Crippen molar-refractivity contribution < 1.29 is 28.6 Å². The molecule has 1 aromatic heterocycles. The largest absolute Gasteiger partial charge is 0.496 e. The number of halogens is 1. The molecule has 0 spiro atoms. The SMILES string of the molecule is COc1cccc(OC)c1-c1cc(C(=O)N2CC[C@H](C(=O)O)C2)nn1-c1ccc(F)cc1. The first-order chi connectivity index (χ1) is 15.4. The lowest BCUT2D eigenvalue weighted by atomic mass is 10.1. The van der Waals surface area contributed by atoms with Gasteiger partial charge in [-0.2, -0.15) is 5.10 Å². The van der Waals surface area contributed by atoms with Crippen LogP contribution in [0.2, 0.25) is 0 Å². The maximum atomic E-state index is 13.5. The number of carbonyl (C=O) groups is 2. The van der Waals surface area contributed by atoms with E-state index in [1.807, 2.05) is 0 Å². The van der Waals surface area contributed by atoms with Crippen molar-refractivity contribution in [2.75, 3.05) is 27.3 Å². The number of amides is 1. The number of aliphatic carboxylic acids is 1. The number of hydrogen-bond donors (Lipinski definition) is 1. The number of nitrogens with zero attached hydrogens (tertiary/aromatic N) is 3. The average Bonchev–Trinajstić information content (AvgIpc) is 3.46. The fourth-order valence-electron chi connectivity index (χ4n) is 3.85. The van der Waals surface area contributed by atoms with Gasteiger partial charge in [-0.3, -0.25) is 9.59 Å². The summed E-state index contributed by atoms with van der Waals surface area (Å²) in [5.74, 6) is -1.25. The van der Waals surface area contributed by atoms with Crippen LogP contribution < -0.4 is 9.47 Å². The van der Waals surface area contributed by atoms with Crippen LogP contribution in [0.4, 0.5) is 4.39 Å². The summed E-state index contributed by atoms with van der Waals surface area (Å²) in [4.78, 5) is 25.9. The van der Waals surface area contributed by atoms with Crippen LogP contribution in [0.1, 0.15) is 16.9 Å². The minimum atomic E-state index is -0.920. The molecule has 0 aliphatic carbocycles. The van der Waals surface area contributed by atoms with Crippen LogP contribution in [-0.2, 0) is 4.79 Å². The quantitative estimate of drug-likeness (QED) is 0.634. The highest BCUT2D eigenvalue weighted by molar-refractivity contribution is 5.95. The van der Waals surface area contributed by atoms with Gasteiger partial charge in [0, 0.05) is 13.1 Å². The number of carboxylic acid groups (broad SMARTS) is 1. The Bertz CT molecular complexity index is 1140. The number of carbonyl (C=O) groups excluding carboxylic acids is 1. The molecule has 0 bridgehead atoms. The van der Waals surface area contributed by atoms with Gasteiger partial charge in [-0.1, -0.05) is 6.07 Å². The smallest absolute Gasteiger partial charge is 0.308 e. The Balaban J connectivity index is 1.83. The van der Waals surface area contributed by atoms with Crippen LogP contribution in [0, 0.1) is 11.7 Å². The van der Waals surface area contributed by atoms with Crippen LogP contribution in [0.5, 0.6) is 11.5 Å². The lowest BCUT2D eigenvalue weighted by molar-refractivity contribution is -0.141. The molecular weight excluding hydrogens is 417 g/mol. The van der Waals surface area contributed by atoms with Gasteiger partial charge in [0.25, 0.3) is 5.91 Å². The summed E-state index contributed by atoms with van der Waals surface area (Å²) in [5, 5.41) is 13.7. The molecule has 1 atom stereocenters. The van der Waals surface area contributed by atoms with E-state index in [0.717, 1.165) is 0 Å². The zero-order valence-electron chi connectivity index (χ0n) is 17.6. The molecule has 4 rings (SSSR count). The molecule has 9 heteroatoms. The van der Waals surface area contributed by atoms with E-state index in [0.29, 0.717) is 41.4 Å². The van der Waals surface area contributed by atoms with E-state index in [-0.39, 0.29) is 18.1 Å². The van der Waals surface area contributed by atoms with Crippen molar-refractivity contribution in [3.63, 3.8) is 0 Å². The lowest BCUT2D eigenvalue weighted by Gasteiger charge is -2.14. The van der Waals surface area contributed by atoms with Crippen molar-refractivity contribution in [2.45, 2.75) is 6.42 Å². The van der Waals surface area contributed by atoms with Crippen LogP contribution in [-0.4, -0.2) is 59.0 Å². The fourth-order valence-corrected chi connectivity index (χ4v) is 3.85. The molecule has 0 radical (unpaired) electrons. The molecule has 32 heavy (non-hydrogen) atoms. The average molecular weight is 439 g/mol. The number of carboxylic acids is 1. The van der Waals surface area contributed by atoms with E-state index in [4.69, 9.17) is 9.47 Å². The second kappa shape index (κ2) is 8.70. The van der Waals surface area contributed by atoms with Crippen LogP contribution in [0.3, 0.4) is 0 Å². The highest BCUT2D eigenvalue weighted by Gasteiger charge is 2.33. The van der Waals surface area contributed by atoms with Gasteiger partial charge in [-0.25, -0.2) is 9.07 Å². The van der Waals surface area contributed by atoms with E-state index < -0.39 is 17.7 Å². The normalized spacial score (nSPS) is 15.6. The molecule has 1 aliphatic heterocycles. The van der Waals surface area contributed by atoms with Crippen LogP contribution >= 0.6 is 0 Å². The Hall–Kier alpha value is -3.88. The Morgan fingerprint density at radius 3 is 2.31 bits per heavy atom. The summed E-state index contributed by atoms with van der Waals surface area (Å²) in [7, 11) is 3.05. The number of methoxy groups -OCH3 is 2. The minimum absolute atomic E-state index is 0.130. The second-order valence-electron chi connectivity index (χ2n) is 7.42. The monoisotopic (exact) mass is 439 g/mol. The molecule has 2 aromatic carbocycles. The lowest BCUT2D eigenvalue weighted by Crippen LogP contribution is -2.30. The van der Waals surface area contributed by atoms with Crippen molar-refractivity contribution in [1.29, 1.82) is 0 Å². The predicted octanol–water partition coefficient (Wildman–Crippen LogP) is 3.24. The summed E-state index contributed by atoms with van der Waals surface area (Å²) in [5.41, 5.74) is 1.78. The Labute approximate surface area is 183 Å². The third kappa shape index (κ3) is 3.89.